The van der Waals surface area contributed by atoms with Gasteiger partial charge in [0.25, 0.3) is 27.5 Å². The van der Waals surface area contributed by atoms with Gasteiger partial charge in [0.15, 0.2) is 17.2 Å². The molecule has 1 spiro atoms. The van der Waals surface area contributed by atoms with Crippen molar-refractivity contribution in [1.82, 2.24) is 24.5 Å². The second kappa shape index (κ2) is 18.8. The van der Waals surface area contributed by atoms with E-state index in [1.54, 1.807) is 24.4 Å². The number of sulfonamides is 1. The molecule has 11 rings (SSSR count). The lowest BCUT2D eigenvalue weighted by molar-refractivity contribution is -0.384. The van der Waals surface area contributed by atoms with Crippen LogP contribution in [-0.4, -0.2) is 114 Å². The maximum absolute atomic E-state index is 14.4. The maximum atomic E-state index is 14.4. The number of ether oxygens (including phenoxy) is 3. The molecule has 17 nitrogen and oxygen atoms in total. The smallest absolute Gasteiger partial charge is 0.297 e. The number of piperidine rings is 1. The predicted molar refractivity (Wildman–Crippen MR) is 274 cm³/mol. The van der Waals surface area contributed by atoms with Crippen LogP contribution in [0.2, 0.25) is 0 Å². The minimum Gasteiger partial charge on any atom is -0.489 e. The van der Waals surface area contributed by atoms with Gasteiger partial charge in [0.05, 0.1) is 27.0 Å². The number of anilines is 2. The number of nitro groups is 1. The number of pyridine rings is 1. The average molecular weight is 1000 g/mol. The van der Waals surface area contributed by atoms with Crippen molar-refractivity contribution < 1.29 is 37.5 Å². The fourth-order valence-corrected chi connectivity index (χ4v) is 13.5. The topological polar surface area (TPSA) is 205 Å². The lowest BCUT2D eigenvalue weighted by Gasteiger charge is -2.56. The normalized spacial score (nSPS) is 24.8. The van der Waals surface area contributed by atoms with Crippen molar-refractivity contribution in [3.05, 3.63) is 99.7 Å². The second-order valence-electron chi connectivity index (χ2n) is 22.1. The fraction of sp³-hybridized carbons (Fsp3) is 0.519. The summed E-state index contributed by atoms with van der Waals surface area (Å²) in [7, 11) is -2.71. The van der Waals surface area contributed by atoms with Crippen LogP contribution in [0.5, 0.6) is 23.1 Å². The van der Waals surface area contributed by atoms with Crippen LogP contribution in [-0.2, 0) is 10.0 Å². The van der Waals surface area contributed by atoms with Crippen molar-refractivity contribution in [2.45, 2.75) is 126 Å². The van der Waals surface area contributed by atoms with Crippen LogP contribution < -0.4 is 29.1 Å². The molecule has 5 aromatic rings. The number of rotatable bonds is 13. The number of nitrogens with zero attached hydrogens (tertiary/aromatic N) is 5. The molecule has 72 heavy (non-hydrogen) atoms. The van der Waals surface area contributed by atoms with Gasteiger partial charge >= 0.3 is 0 Å². The summed E-state index contributed by atoms with van der Waals surface area (Å²) in [4.78, 5) is 40.9. The van der Waals surface area contributed by atoms with Crippen molar-refractivity contribution >= 4 is 44.0 Å². The molecule has 2 saturated carbocycles. The molecule has 6 aliphatic rings. The minimum atomic E-state index is -4.71. The van der Waals surface area contributed by atoms with E-state index in [-0.39, 0.29) is 64.5 Å². The number of H-pyrrole nitrogens is 1. The molecule has 3 saturated heterocycles. The SMILES string of the molecule is CC(C)c1ccccc1[C@H]1CCCN1C1CC2(CCN(c3ccc(C(=O)NS(=O)(=O)c4cc5c(c([N+](=O)[O-])c4)N[C@@H](C4CCC(C)(O)CC4)CO5)c(Oc4cc5cc[nH]c5nc4OC4CN(C)C4)c3)CC2)C1. The first kappa shape index (κ1) is 48.3. The number of benzene rings is 3. The highest BCUT2D eigenvalue weighted by atomic mass is 32.2. The standard InChI is InChI=1S/C54H66N8O9S/c1-33(2)40-8-5-6-9-41(40)44-10-7-21-61(44)37-28-54(29-37)18-22-60(23-19-54)36-11-12-42(46(25-36)71-48-24-35-15-20-55-50(35)57-52(48)70-38-30-59(4)31-38)51(63)58-72(67,68)39-26-45(62(65)66)49-47(27-39)69-32-43(56-49)34-13-16-53(3,64)17-14-34/h5-6,8-9,11-12,15,20,24-27,33-34,37-38,43-44,56,64H,7,10,13-14,16-19,21-23,28-32H2,1-4H3,(H,55,57)(H,58,63)/t34?,43-,44-,53?/m1/s1. The van der Waals surface area contributed by atoms with Crippen molar-refractivity contribution in [1.29, 1.82) is 0 Å². The number of carbonyl (C=O) groups excluding carboxylic acids is 1. The monoisotopic (exact) mass is 1000 g/mol. The Labute approximate surface area is 420 Å². The highest BCUT2D eigenvalue weighted by Gasteiger charge is 2.50. The van der Waals surface area contributed by atoms with Gasteiger partial charge < -0.3 is 34.5 Å². The van der Waals surface area contributed by atoms with E-state index < -0.39 is 37.0 Å². The largest absolute Gasteiger partial charge is 0.489 e. The highest BCUT2D eigenvalue weighted by Crippen LogP contribution is 2.55. The molecule has 4 aliphatic heterocycles. The Morgan fingerprint density at radius 2 is 1.75 bits per heavy atom. The van der Waals surface area contributed by atoms with Crippen LogP contribution in [0.15, 0.2) is 77.8 Å². The Hall–Kier alpha value is -5.95. The van der Waals surface area contributed by atoms with Crippen LogP contribution in [0.1, 0.15) is 118 Å². The molecule has 2 aromatic heterocycles. The third kappa shape index (κ3) is 9.46. The molecule has 6 heterocycles. The Balaban J connectivity index is 0.841. The molecule has 2 atom stereocenters. The van der Waals surface area contributed by atoms with E-state index in [1.165, 1.54) is 42.9 Å². The quantitative estimate of drug-likeness (QED) is 0.0643. The molecule has 1 amide bonds. The van der Waals surface area contributed by atoms with Gasteiger partial charge in [-0.05, 0) is 137 Å². The number of fused-ring (bicyclic) bond motifs is 2. The number of aromatic amines is 1. The first-order valence-electron chi connectivity index (χ1n) is 25.8. The van der Waals surface area contributed by atoms with Crippen LogP contribution in [0.4, 0.5) is 17.1 Å². The van der Waals surface area contributed by atoms with Gasteiger partial charge in [-0.3, -0.25) is 24.7 Å². The molecule has 3 aromatic carbocycles. The number of likely N-dealkylation sites (tertiary alicyclic amines) is 2. The first-order valence-corrected chi connectivity index (χ1v) is 27.2. The molecule has 5 fully saturated rings. The molecule has 4 N–H and O–H groups in total. The second-order valence-corrected chi connectivity index (χ2v) is 23.8. The van der Waals surface area contributed by atoms with E-state index >= 15 is 0 Å². The number of hydrogen-bond donors (Lipinski definition) is 4. The van der Waals surface area contributed by atoms with Gasteiger partial charge in [0, 0.05) is 73.7 Å². The Morgan fingerprint density at radius 3 is 2.49 bits per heavy atom. The fourth-order valence-electron chi connectivity index (χ4n) is 12.5. The van der Waals surface area contributed by atoms with E-state index in [0.29, 0.717) is 62.4 Å². The predicted octanol–water partition coefficient (Wildman–Crippen LogP) is 8.90. The van der Waals surface area contributed by atoms with E-state index in [2.05, 4.69) is 67.8 Å². The summed E-state index contributed by atoms with van der Waals surface area (Å²) in [6, 6.07) is 20.7. The lowest BCUT2D eigenvalue weighted by atomic mass is 9.59. The third-order valence-corrected chi connectivity index (χ3v) is 18.0. The molecule has 0 radical (unpaired) electrons. The number of aliphatic hydroxyl groups is 1. The van der Waals surface area contributed by atoms with Crippen molar-refractivity contribution in [3.8, 4) is 23.1 Å². The highest BCUT2D eigenvalue weighted by molar-refractivity contribution is 7.90. The first-order chi connectivity index (χ1) is 34.5. The third-order valence-electron chi connectivity index (χ3n) is 16.7. The van der Waals surface area contributed by atoms with Crippen LogP contribution >= 0.6 is 0 Å². The summed E-state index contributed by atoms with van der Waals surface area (Å²) in [6.07, 6.45) is 11.1. The zero-order valence-electron chi connectivity index (χ0n) is 41.6. The molecular weight excluding hydrogens is 937 g/mol. The summed E-state index contributed by atoms with van der Waals surface area (Å²) in [5, 5.41) is 27.0. The van der Waals surface area contributed by atoms with Crippen molar-refractivity contribution in [2.24, 2.45) is 11.3 Å². The number of likely N-dealkylation sites (N-methyl/N-ethyl adjacent to an activating group) is 1. The number of aromatic nitrogens is 2. The summed E-state index contributed by atoms with van der Waals surface area (Å²) >= 11 is 0. The summed E-state index contributed by atoms with van der Waals surface area (Å²) < 4.78 is 49.6. The van der Waals surface area contributed by atoms with Gasteiger partial charge in [-0.25, -0.2) is 13.1 Å². The van der Waals surface area contributed by atoms with E-state index in [4.69, 9.17) is 19.2 Å². The van der Waals surface area contributed by atoms with Gasteiger partial charge in [0.2, 0.25) is 0 Å². The summed E-state index contributed by atoms with van der Waals surface area (Å²) in [6.45, 7) is 10.7. The van der Waals surface area contributed by atoms with E-state index in [0.717, 1.165) is 49.6 Å². The Bertz CT molecular complexity index is 2980. The Morgan fingerprint density at radius 1 is 0.986 bits per heavy atom. The van der Waals surface area contributed by atoms with E-state index in [1.807, 2.05) is 26.1 Å². The molecular formula is C54H66N8O9S. The van der Waals surface area contributed by atoms with Crippen LogP contribution in [0, 0.1) is 21.4 Å². The molecule has 2 aliphatic carbocycles. The minimum absolute atomic E-state index is 0.00400. The summed E-state index contributed by atoms with van der Waals surface area (Å²) in [5.74, 6) is 0.167. The zero-order chi connectivity index (χ0) is 50.1. The lowest BCUT2D eigenvalue weighted by Crippen LogP contribution is -2.55. The average Bonchev–Trinajstić information content (AvgIpc) is 4.02. The van der Waals surface area contributed by atoms with Gasteiger partial charge in [-0.15, -0.1) is 0 Å². The Kier molecular flexibility index (Phi) is 12.6. The van der Waals surface area contributed by atoms with Gasteiger partial charge in [-0.1, -0.05) is 38.1 Å². The van der Waals surface area contributed by atoms with Crippen LogP contribution in [0.3, 0.4) is 0 Å². The van der Waals surface area contributed by atoms with Crippen LogP contribution in [0.25, 0.3) is 11.0 Å². The van der Waals surface area contributed by atoms with Gasteiger partial charge in [0.1, 0.15) is 24.1 Å². The van der Waals surface area contributed by atoms with Crippen molar-refractivity contribution in [2.75, 3.05) is 56.6 Å². The molecule has 0 bridgehead atoms. The van der Waals surface area contributed by atoms with Gasteiger partial charge in [-0.2, -0.15) is 4.98 Å². The zero-order valence-corrected chi connectivity index (χ0v) is 42.4. The number of nitro benzene ring substituents is 1. The summed E-state index contributed by atoms with van der Waals surface area (Å²) in [5.41, 5.74) is 3.40. The molecule has 18 heteroatoms. The number of hydrogen-bond acceptors (Lipinski definition) is 14. The maximum Gasteiger partial charge on any atom is 0.297 e. The number of carbonyl (C=O) groups is 1. The molecule has 0 unspecified atom stereocenters. The number of nitrogens with one attached hydrogen (secondary N) is 3. The number of amides is 1. The van der Waals surface area contributed by atoms with E-state index in [9.17, 15) is 28.4 Å². The molecule has 382 valence electrons. The van der Waals surface area contributed by atoms with Crippen molar-refractivity contribution in [3.63, 3.8) is 0 Å².